The molecule has 0 saturated heterocycles. The number of aliphatic carboxylic acids is 1. The Morgan fingerprint density at radius 2 is 1.85 bits per heavy atom. The predicted octanol–water partition coefficient (Wildman–Crippen LogP) is 0.728. The Balaban J connectivity index is 3.30. The number of carbonyl (C=O) groups is 1. The summed E-state index contributed by atoms with van der Waals surface area (Å²) in [7, 11) is -4.52. The summed E-state index contributed by atoms with van der Waals surface area (Å²) >= 11 is 0. The molecular formula is C13H20NO5P. The Labute approximate surface area is 118 Å². The molecule has 1 aromatic carbocycles. The Morgan fingerprint density at radius 1 is 1.25 bits per heavy atom. The van der Waals surface area contributed by atoms with Gasteiger partial charge in [0.2, 0.25) is 0 Å². The molecule has 1 aromatic rings. The molecule has 0 spiro atoms. The van der Waals surface area contributed by atoms with Crippen molar-refractivity contribution in [1.82, 2.24) is 0 Å². The Morgan fingerprint density at radius 3 is 2.30 bits per heavy atom. The first kappa shape index (κ1) is 16.6. The molecular weight excluding hydrogens is 281 g/mol. The number of carboxylic acids is 1. The van der Waals surface area contributed by atoms with Crippen molar-refractivity contribution in [2.45, 2.75) is 13.8 Å². The summed E-state index contributed by atoms with van der Waals surface area (Å²) in [5.41, 5.74) is 1.02. The Hall–Kier alpha value is -1.46. The summed E-state index contributed by atoms with van der Waals surface area (Å²) < 4.78 is 0. The average Bonchev–Trinajstić information content (AvgIpc) is 2.37. The number of rotatable bonds is 6. The summed E-state index contributed by atoms with van der Waals surface area (Å²) in [6.45, 7) is 5.39. The fraction of sp³-hybridized carbons (Fsp3) is 0.308. The first-order valence-corrected chi connectivity index (χ1v) is 8.11. The van der Waals surface area contributed by atoms with Crippen molar-refractivity contribution in [3.63, 3.8) is 0 Å². The maximum atomic E-state index is 10.5. The zero-order chi connectivity index (χ0) is 15.3. The molecule has 0 amide bonds. The van der Waals surface area contributed by atoms with Gasteiger partial charge in [0.15, 0.2) is 0 Å². The van der Waals surface area contributed by atoms with E-state index in [0.717, 1.165) is 24.9 Å². The van der Waals surface area contributed by atoms with Crippen LogP contribution in [0.1, 0.15) is 19.4 Å². The fourth-order valence-electron chi connectivity index (χ4n) is 1.93. The first-order chi connectivity index (χ1) is 9.29. The molecule has 0 aromatic heterocycles. The van der Waals surface area contributed by atoms with Crippen LogP contribution >= 0.6 is 7.94 Å². The molecule has 1 rings (SSSR count). The molecule has 0 atom stereocenters. The van der Waals surface area contributed by atoms with E-state index in [1.54, 1.807) is 12.1 Å². The van der Waals surface area contributed by atoms with Crippen molar-refractivity contribution >= 4 is 31.0 Å². The van der Waals surface area contributed by atoms with Crippen LogP contribution in [0.2, 0.25) is 0 Å². The third-order valence-corrected chi connectivity index (χ3v) is 4.09. The van der Waals surface area contributed by atoms with Crippen LogP contribution in [0, 0.1) is 0 Å². The monoisotopic (exact) mass is 301 g/mol. The molecule has 0 unspecified atom stereocenters. The van der Waals surface area contributed by atoms with Gasteiger partial charge in [0.25, 0.3) is 0 Å². The topological polar surface area (TPSA) is 101 Å². The molecule has 0 saturated carbocycles. The van der Waals surface area contributed by atoms with Gasteiger partial charge in [-0.05, 0) is 0 Å². The molecule has 20 heavy (non-hydrogen) atoms. The number of benzene rings is 1. The van der Waals surface area contributed by atoms with Crippen LogP contribution in [0.25, 0.3) is 6.08 Å². The second kappa shape index (κ2) is 6.81. The van der Waals surface area contributed by atoms with Crippen LogP contribution < -0.4 is 10.2 Å². The SMILES string of the molecule is CCN(CC)c1ccc(C=CC(=O)O)c([PH](O)(O)O)c1. The minimum absolute atomic E-state index is 0.0283. The van der Waals surface area contributed by atoms with Crippen LogP contribution in [-0.2, 0) is 4.79 Å². The fourth-order valence-corrected chi connectivity index (χ4v) is 2.82. The third kappa shape index (κ3) is 4.28. The molecule has 7 heteroatoms. The van der Waals surface area contributed by atoms with Gasteiger partial charge in [-0.1, -0.05) is 0 Å². The zero-order valence-electron chi connectivity index (χ0n) is 11.4. The van der Waals surface area contributed by atoms with E-state index in [0.29, 0.717) is 0 Å². The number of hydrogen-bond donors (Lipinski definition) is 4. The van der Waals surface area contributed by atoms with Crippen LogP contribution in [-0.4, -0.2) is 38.8 Å². The van der Waals surface area contributed by atoms with Crippen molar-refractivity contribution < 1.29 is 24.6 Å². The molecule has 0 aliphatic carbocycles. The van der Waals surface area contributed by atoms with Gasteiger partial charge in [0.05, 0.1) is 0 Å². The van der Waals surface area contributed by atoms with Gasteiger partial charge in [0, 0.05) is 0 Å². The zero-order valence-corrected chi connectivity index (χ0v) is 12.4. The van der Waals surface area contributed by atoms with E-state index in [1.807, 2.05) is 18.7 Å². The number of carboxylic acid groups (broad SMARTS) is 1. The van der Waals surface area contributed by atoms with Crippen LogP contribution in [0.5, 0.6) is 0 Å². The maximum absolute atomic E-state index is 10.5. The Bertz CT molecular complexity index is 506. The quantitative estimate of drug-likeness (QED) is 0.456. The van der Waals surface area contributed by atoms with E-state index in [4.69, 9.17) is 5.11 Å². The normalized spacial score (nSPS) is 12.7. The van der Waals surface area contributed by atoms with E-state index >= 15 is 0 Å². The molecule has 0 aliphatic rings. The third-order valence-electron chi connectivity index (χ3n) is 2.93. The van der Waals surface area contributed by atoms with Crippen LogP contribution in [0.3, 0.4) is 0 Å². The summed E-state index contributed by atoms with van der Waals surface area (Å²) in [5, 5.41) is 8.59. The molecule has 112 valence electrons. The average molecular weight is 301 g/mol. The summed E-state index contributed by atoms with van der Waals surface area (Å²) in [4.78, 5) is 41.1. The summed E-state index contributed by atoms with van der Waals surface area (Å²) in [5.74, 6) is -1.15. The van der Waals surface area contributed by atoms with Gasteiger partial charge >= 0.3 is 117 Å². The first-order valence-electron chi connectivity index (χ1n) is 6.27. The van der Waals surface area contributed by atoms with E-state index in [9.17, 15) is 19.5 Å². The van der Waals surface area contributed by atoms with Crippen molar-refractivity contribution in [2.24, 2.45) is 0 Å². The molecule has 0 radical (unpaired) electrons. The molecule has 0 fully saturated rings. The Kier molecular flexibility index (Phi) is 5.65. The van der Waals surface area contributed by atoms with Gasteiger partial charge in [-0.2, -0.15) is 0 Å². The molecule has 6 nitrogen and oxygen atoms in total. The van der Waals surface area contributed by atoms with Gasteiger partial charge in [-0.3, -0.25) is 0 Å². The molecule has 0 bridgehead atoms. The number of nitrogens with zero attached hydrogens (tertiary/aromatic N) is 1. The molecule has 4 N–H and O–H groups in total. The second-order valence-electron chi connectivity index (χ2n) is 4.25. The van der Waals surface area contributed by atoms with E-state index in [2.05, 4.69) is 0 Å². The van der Waals surface area contributed by atoms with Gasteiger partial charge in [-0.15, -0.1) is 0 Å². The minimum atomic E-state index is -4.52. The van der Waals surface area contributed by atoms with Gasteiger partial charge in [0.1, 0.15) is 0 Å². The number of hydrogen-bond acceptors (Lipinski definition) is 5. The molecule has 0 heterocycles. The van der Waals surface area contributed by atoms with Gasteiger partial charge < -0.3 is 0 Å². The van der Waals surface area contributed by atoms with Crippen molar-refractivity contribution in [3.8, 4) is 0 Å². The second-order valence-corrected chi connectivity index (χ2v) is 6.06. The van der Waals surface area contributed by atoms with E-state index < -0.39 is 13.9 Å². The van der Waals surface area contributed by atoms with Gasteiger partial charge in [-0.25, -0.2) is 0 Å². The van der Waals surface area contributed by atoms with Crippen molar-refractivity contribution in [2.75, 3.05) is 18.0 Å². The summed E-state index contributed by atoms with van der Waals surface area (Å²) in [6.07, 6.45) is 2.12. The van der Waals surface area contributed by atoms with E-state index in [1.165, 1.54) is 12.1 Å². The standard InChI is InChI=1S/C13H20NO5P/c1-3-14(4-2)11-7-5-10(6-8-13(15)16)12(9-11)20(17,18)19/h5-9,17-20H,3-4H2,1-2H3,(H,15,16). The van der Waals surface area contributed by atoms with E-state index in [-0.39, 0.29) is 10.9 Å². The predicted molar refractivity (Wildman–Crippen MR) is 81.3 cm³/mol. The van der Waals surface area contributed by atoms with Crippen LogP contribution in [0.15, 0.2) is 24.3 Å². The molecule has 0 aliphatic heterocycles. The van der Waals surface area contributed by atoms with Crippen molar-refractivity contribution in [3.05, 3.63) is 29.8 Å². The summed E-state index contributed by atoms with van der Waals surface area (Å²) in [6, 6.07) is 4.80. The van der Waals surface area contributed by atoms with Crippen molar-refractivity contribution in [1.29, 1.82) is 0 Å². The van der Waals surface area contributed by atoms with Crippen LogP contribution in [0.4, 0.5) is 5.69 Å². The number of anilines is 1.